The Morgan fingerprint density at radius 3 is 2.03 bits per heavy atom. The SMILES string of the molecule is O=C(O)CN(CC(=O)O)C(CCCCNC(=O)OC(=O)c1ccccc1)C(=O)O. The van der Waals surface area contributed by atoms with Gasteiger partial charge >= 0.3 is 30.0 Å². The summed E-state index contributed by atoms with van der Waals surface area (Å²) in [6.45, 7) is -1.37. The minimum absolute atomic E-state index is 0.0183. The molecule has 4 N–H and O–H groups in total. The molecule has 158 valence electrons. The van der Waals surface area contributed by atoms with Crippen molar-refractivity contribution < 1.29 is 44.0 Å². The molecule has 0 fully saturated rings. The second-order valence-corrected chi connectivity index (χ2v) is 6.01. The lowest BCUT2D eigenvalue weighted by molar-refractivity contribution is -0.149. The number of carbonyl (C=O) groups excluding carboxylic acids is 2. The van der Waals surface area contributed by atoms with Crippen LogP contribution in [0.2, 0.25) is 0 Å². The van der Waals surface area contributed by atoms with Crippen molar-refractivity contribution in [1.29, 1.82) is 0 Å². The number of nitrogens with one attached hydrogen (secondary N) is 1. The Bertz CT molecular complexity index is 720. The highest BCUT2D eigenvalue weighted by Gasteiger charge is 2.28. The molecule has 11 nitrogen and oxygen atoms in total. The summed E-state index contributed by atoms with van der Waals surface area (Å²) in [4.78, 5) is 57.2. The number of amides is 1. The van der Waals surface area contributed by atoms with Crippen LogP contribution in [0, 0.1) is 0 Å². The van der Waals surface area contributed by atoms with E-state index in [2.05, 4.69) is 10.1 Å². The molecule has 0 bridgehead atoms. The van der Waals surface area contributed by atoms with Crippen LogP contribution in [0.1, 0.15) is 29.6 Å². The first-order valence-corrected chi connectivity index (χ1v) is 8.66. The van der Waals surface area contributed by atoms with Crippen molar-refractivity contribution >= 4 is 30.0 Å². The summed E-state index contributed by atoms with van der Waals surface area (Å²) >= 11 is 0. The predicted octanol–water partition coefficient (Wildman–Crippen LogP) is 0.648. The van der Waals surface area contributed by atoms with Gasteiger partial charge in [-0.1, -0.05) is 18.2 Å². The Morgan fingerprint density at radius 1 is 0.931 bits per heavy atom. The number of benzene rings is 1. The van der Waals surface area contributed by atoms with Gasteiger partial charge in [0.05, 0.1) is 18.7 Å². The summed E-state index contributed by atoms with van der Waals surface area (Å²) in [5.74, 6) is -4.84. The van der Waals surface area contributed by atoms with Crippen molar-refractivity contribution in [1.82, 2.24) is 10.2 Å². The summed E-state index contributed by atoms with van der Waals surface area (Å²) in [5, 5.41) is 29.3. The monoisotopic (exact) mass is 410 g/mol. The van der Waals surface area contributed by atoms with Crippen LogP contribution >= 0.6 is 0 Å². The molecule has 0 saturated carbocycles. The highest BCUT2D eigenvalue weighted by atomic mass is 16.6. The van der Waals surface area contributed by atoms with Crippen molar-refractivity contribution in [3.05, 3.63) is 35.9 Å². The maximum absolute atomic E-state index is 11.7. The van der Waals surface area contributed by atoms with Gasteiger partial charge in [-0.2, -0.15) is 0 Å². The molecule has 1 amide bonds. The second-order valence-electron chi connectivity index (χ2n) is 6.01. The first-order valence-electron chi connectivity index (χ1n) is 8.66. The maximum Gasteiger partial charge on any atom is 0.415 e. The molecule has 0 aromatic heterocycles. The molecule has 0 aliphatic heterocycles. The number of rotatable bonds is 12. The van der Waals surface area contributed by atoms with Gasteiger partial charge in [-0.3, -0.25) is 19.3 Å². The molecule has 0 spiro atoms. The van der Waals surface area contributed by atoms with Crippen LogP contribution in [-0.4, -0.2) is 75.9 Å². The third kappa shape index (κ3) is 9.33. The third-order valence-corrected chi connectivity index (χ3v) is 3.77. The molecule has 1 rings (SSSR count). The van der Waals surface area contributed by atoms with Crippen LogP contribution in [0.5, 0.6) is 0 Å². The summed E-state index contributed by atoms with van der Waals surface area (Å²) < 4.78 is 4.61. The van der Waals surface area contributed by atoms with Gasteiger partial charge < -0.3 is 25.4 Å². The topological polar surface area (TPSA) is 171 Å². The van der Waals surface area contributed by atoms with Gasteiger partial charge in [0, 0.05) is 6.54 Å². The van der Waals surface area contributed by atoms with Crippen molar-refractivity contribution in [3.63, 3.8) is 0 Å². The Morgan fingerprint density at radius 2 is 1.52 bits per heavy atom. The average molecular weight is 410 g/mol. The van der Waals surface area contributed by atoms with Crippen molar-refractivity contribution in [2.24, 2.45) is 0 Å². The summed E-state index contributed by atoms with van der Waals surface area (Å²) in [6, 6.07) is 6.61. The Balaban J connectivity index is 2.42. The fourth-order valence-corrected chi connectivity index (χ4v) is 2.49. The normalized spacial score (nSPS) is 11.5. The van der Waals surface area contributed by atoms with Gasteiger partial charge in [0.2, 0.25) is 0 Å². The van der Waals surface area contributed by atoms with Crippen molar-refractivity contribution in [2.75, 3.05) is 19.6 Å². The van der Waals surface area contributed by atoms with Gasteiger partial charge in [0.25, 0.3) is 0 Å². The number of alkyl carbamates (subject to hydrolysis) is 1. The first-order chi connectivity index (χ1) is 13.7. The van der Waals surface area contributed by atoms with Gasteiger partial charge in [0.15, 0.2) is 0 Å². The lowest BCUT2D eigenvalue weighted by Gasteiger charge is -2.25. The highest BCUT2D eigenvalue weighted by Crippen LogP contribution is 2.10. The fraction of sp³-hybridized carbons (Fsp3) is 0.389. The molecule has 0 radical (unpaired) electrons. The molecule has 0 saturated heterocycles. The molecule has 1 aromatic carbocycles. The number of carbonyl (C=O) groups is 5. The van der Waals surface area contributed by atoms with Crippen LogP contribution < -0.4 is 5.32 Å². The number of carboxylic acid groups (broad SMARTS) is 3. The minimum Gasteiger partial charge on any atom is -0.480 e. The van der Waals surface area contributed by atoms with E-state index in [0.717, 1.165) is 4.90 Å². The molecule has 1 atom stereocenters. The van der Waals surface area contributed by atoms with Crippen LogP contribution in [0.25, 0.3) is 0 Å². The van der Waals surface area contributed by atoms with E-state index in [0.29, 0.717) is 6.42 Å². The minimum atomic E-state index is -1.34. The zero-order valence-electron chi connectivity index (χ0n) is 15.4. The predicted molar refractivity (Wildman–Crippen MR) is 97.4 cm³/mol. The van der Waals surface area contributed by atoms with Crippen LogP contribution in [0.4, 0.5) is 4.79 Å². The molecule has 1 unspecified atom stereocenters. The highest BCUT2D eigenvalue weighted by molar-refractivity contribution is 5.96. The number of unbranched alkanes of at least 4 members (excludes halogenated alkanes) is 1. The Labute approximate surface area is 165 Å². The van der Waals surface area contributed by atoms with Gasteiger partial charge in [-0.05, 0) is 31.4 Å². The van der Waals surface area contributed by atoms with Crippen LogP contribution in [0.15, 0.2) is 30.3 Å². The van der Waals surface area contributed by atoms with Crippen LogP contribution in [-0.2, 0) is 19.1 Å². The molecule has 0 heterocycles. The number of aliphatic carboxylic acids is 3. The largest absolute Gasteiger partial charge is 0.480 e. The van der Waals surface area contributed by atoms with Crippen LogP contribution in [0.3, 0.4) is 0 Å². The lowest BCUT2D eigenvalue weighted by atomic mass is 10.1. The molecular weight excluding hydrogens is 388 g/mol. The van der Waals surface area contributed by atoms with Crippen molar-refractivity contribution in [3.8, 4) is 0 Å². The first kappa shape index (κ1) is 23.6. The zero-order valence-corrected chi connectivity index (χ0v) is 15.4. The van der Waals surface area contributed by atoms with E-state index in [1.807, 2.05) is 0 Å². The van der Waals surface area contributed by atoms with Gasteiger partial charge in [-0.25, -0.2) is 9.59 Å². The van der Waals surface area contributed by atoms with Crippen molar-refractivity contribution in [2.45, 2.75) is 25.3 Å². The Hall–Kier alpha value is -3.47. The molecule has 1 aromatic rings. The fourth-order valence-electron chi connectivity index (χ4n) is 2.49. The number of carboxylic acids is 3. The molecular formula is C18H22N2O9. The second kappa shape index (κ2) is 12.1. The van der Waals surface area contributed by atoms with E-state index in [9.17, 15) is 29.1 Å². The quantitative estimate of drug-likeness (QED) is 0.218. The van der Waals surface area contributed by atoms with Gasteiger partial charge in [-0.15, -0.1) is 0 Å². The summed E-state index contributed by atoms with van der Waals surface area (Å²) in [5.41, 5.74) is 0.212. The standard InChI is InChI=1S/C18H22N2O9/c21-14(22)10-20(11-15(23)24)13(16(25)26)8-4-5-9-19-18(28)29-17(27)12-6-2-1-3-7-12/h1-3,6-7,13H,4-5,8-11H2,(H,19,28)(H,21,22)(H,23,24)(H,25,26). The molecule has 0 aliphatic rings. The third-order valence-electron chi connectivity index (χ3n) is 3.77. The summed E-state index contributed by atoms with van der Waals surface area (Å²) in [6.07, 6.45) is -0.395. The van der Waals surface area contributed by atoms with E-state index in [1.54, 1.807) is 18.2 Å². The van der Waals surface area contributed by atoms with E-state index in [-0.39, 0.29) is 24.9 Å². The smallest absolute Gasteiger partial charge is 0.415 e. The maximum atomic E-state index is 11.7. The van der Waals surface area contributed by atoms with E-state index >= 15 is 0 Å². The Kier molecular flexibility index (Phi) is 9.82. The lowest BCUT2D eigenvalue weighted by Crippen LogP contribution is -2.46. The number of esters is 1. The van der Waals surface area contributed by atoms with E-state index < -0.39 is 49.1 Å². The zero-order chi connectivity index (χ0) is 21.8. The molecule has 11 heteroatoms. The number of nitrogens with zero attached hydrogens (tertiary/aromatic N) is 1. The van der Waals surface area contributed by atoms with Gasteiger partial charge in [0.1, 0.15) is 6.04 Å². The molecule has 29 heavy (non-hydrogen) atoms. The summed E-state index contributed by atoms with van der Waals surface area (Å²) in [7, 11) is 0. The van der Waals surface area contributed by atoms with E-state index in [4.69, 9.17) is 10.2 Å². The number of hydrogen-bond donors (Lipinski definition) is 4. The van der Waals surface area contributed by atoms with E-state index in [1.165, 1.54) is 12.1 Å². The average Bonchev–Trinajstić information content (AvgIpc) is 2.63. The number of ether oxygens (including phenoxy) is 1. The number of hydrogen-bond acceptors (Lipinski definition) is 7. The molecule has 0 aliphatic carbocycles.